The molecule has 0 radical (unpaired) electrons. The SMILES string of the molecule is Cc1ccc(NC(=O)CCC(=O)O[C@@H](C(=O)c2ccccc2)c2ccc(Cl)cc2)cc1C. The van der Waals surface area contributed by atoms with Crippen molar-refractivity contribution in [3.8, 4) is 0 Å². The van der Waals surface area contributed by atoms with Crippen LogP contribution in [0.1, 0.15) is 46.0 Å². The van der Waals surface area contributed by atoms with E-state index in [0.717, 1.165) is 11.1 Å². The van der Waals surface area contributed by atoms with E-state index < -0.39 is 12.1 Å². The Morgan fingerprint density at radius 1 is 0.875 bits per heavy atom. The third kappa shape index (κ3) is 6.28. The smallest absolute Gasteiger partial charge is 0.307 e. The number of carbonyl (C=O) groups is 3. The van der Waals surface area contributed by atoms with E-state index in [1.54, 1.807) is 54.6 Å². The van der Waals surface area contributed by atoms with Gasteiger partial charge in [0, 0.05) is 28.3 Å². The Labute approximate surface area is 192 Å². The van der Waals surface area contributed by atoms with E-state index in [0.29, 0.717) is 21.8 Å². The van der Waals surface area contributed by atoms with Crippen LogP contribution in [-0.2, 0) is 14.3 Å². The number of rotatable bonds is 8. The number of ether oxygens (including phenoxy) is 1. The summed E-state index contributed by atoms with van der Waals surface area (Å²) >= 11 is 5.95. The highest BCUT2D eigenvalue weighted by Crippen LogP contribution is 2.25. The molecule has 0 aliphatic rings. The van der Waals surface area contributed by atoms with Crippen LogP contribution in [-0.4, -0.2) is 17.7 Å². The first-order valence-electron chi connectivity index (χ1n) is 10.2. The Hall–Kier alpha value is -3.44. The summed E-state index contributed by atoms with van der Waals surface area (Å²) < 4.78 is 5.52. The predicted molar refractivity (Wildman–Crippen MR) is 125 cm³/mol. The average molecular weight is 450 g/mol. The van der Waals surface area contributed by atoms with Gasteiger partial charge in [-0.2, -0.15) is 0 Å². The molecule has 3 aromatic carbocycles. The maximum Gasteiger partial charge on any atom is 0.307 e. The molecule has 3 rings (SSSR count). The quantitative estimate of drug-likeness (QED) is 0.346. The summed E-state index contributed by atoms with van der Waals surface area (Å²) in [6, 6.07) is 20.8. The van der Waals surface area contributed by atoms with Crippen LogP contribution in [0.2, 0.25) is 5.02 Å². The number of amides is 1. The van der Waals surface area contributed by atoms with E-state index in [-0.39, 0.29) is 24.5 Å². The van der Waals surface area contributed by atoms with Crippen molar-refractivity contribution in [2.24, 2.45) is 0 Å². The second-order valence-corrected chi connectivity index (χ2v) is 7.94. The molecule has 0 heterocycles. The van der Waals surface area contributed by atoms with E-state index in [1.807, 2.05) is 32.0 Å². The van der Waals surface area contributed by atoms with Gasteiger partial charge in [0.2, 0.25) is 11.7 Å². The topological polar surface area (TPSA) is 72.5 Å². The monoisotopic (exact) mass is 449 g/mol. The summed E-state index contributed by atoms with van der Waals surface area (Å²) in [7, 11) is 0. The molecule has 6 heteroatoms. The molecular formula is C26H24ClNO4. The summed E-state index contributed by atoms with van der Waals surface area (Å²) in [5.41, 5.74) is 3.80. The largest absolute Gasteiger partial charge is 0.449 e. The van der Waals surface area contributed by atoms with Crippen LogP contribution < -0.4 is 5.32 Å². The number of hydrogen-bond donors (Lipinski definition) is 1. The summed E-state index contributed by atoms with van der Waals surface area (Å²) in [5, 5.41) is 3.29. The standard InChI is InChI=1S/C26H24ClNO4/c1-17-8-13-22(16-18(17)2)28-23(29)14-15-24(30)32-26(20-9-11-21(27)12-10-20)25(31)19-6-4-3-5-7-19/h3-13,16,26H,14-15H2,1-2H3,(H,28,29)/t26-/m1/s1. The molecule has 0 fully saturated rings. The van der Waals surface area contributed by atoms with E-state index in [4.69, 9.17) is 16.3 Å². The first-order valence-corrected chi connectivity index (χ1v) is 10.6. The summed E-state index contributed by atoms with van der Waals surface area (Å²) in [6.45, 7) is 3.95. The minimum atomic E-state index is -1.12. The van der Waals surface area contributed by atoms with Crippen molar-refractivity contribution in [2.75, 3.05) is 5.32 Å². The number of esters is 1. The Bertz CT molecular complexity index is 1110. The van der Waals surface area contributed by atoms with Crippen LogP contribution in [0.5, 0.6) is 0 Å². The van der Waals surface area contributed by atoms with Gasteiger partial charge in [0.05, 0.1) is 6.42 Å². The third-order valence-corrected chi connectivity index (χ3v) is 5.32. The Morgan fingerprint density at radius 2 is 1.56 bits per heavy atom. The van der Waals surface area contributed by atoms with Gasteiger partial charge in [-0.25, -0.2) is 0 Å². The molecule has 0 aromatic heterocycles. The molecule has 0 saturated carbocycles. The average Bonchev–Trinajstić information content (AvgIpc) is 2.79. The zero-order valence-corrected chi connectivity index (χ0v) is 18.7. The number of benzene rings is 3. The molecule has 164 valence electrons. The molecule has 32 heavy (non-hydrogen) atoms. The molecule has 0 saturated heterocycles. The maximum absolute atomic E-state index is 13.0. The van der Waals surface area contributed by atoms with Crippen molar-refractivity contribution in [1.29, 1.82) is 0 Å². The van der Waals surface area contributed by atoms with E-state index >= 15 is 0 Å². The number of hydrogen-bond acceptors (Lipinski definition) is 4. The molecule has 1 amide bonds. The van der Waals surface area contributed by atoms with Gasteiger partial charge in [-0.15, -0.1) is 0 Å². The van der Waals surface area contributed by atoms with Gasteiger partial charge < -0.3 is 10.1 Å². The van der Waals surface area contributed by atoms with Crippen molar-refractivity contribution in [3.05, 3.63) is 100 Å². The molecule has 1 atom stereocenters. The Balaban J connectivity index is 1.65. The number of Topliss-reactive ketones (excluding diaryl/α,β-unsaturated/α-hetero) is 1. The van der Waals surface area contributed by atoms with E-state index in [9.17, 15) is 14.4 Å². The zero-order chi connectivity index (χ0) is 23.1. The summed E-state index contributed by atoms with van der Waals surface area (Å²) in [5.74, 6) is -1.28. The number of ketones is 1. The molecule has 1 N–H and O–H groups in total. The second kappa shape index (κ2) is 10.7. The first kappa shape index (κ1) is 23.2. The zero-order valence-electron chi connectivity index (χ0n) is 17.9. The fourth-order valence-electron chi connectivity index (χ4n) is 3.11. The lowest BCUT2D eigenvalue weighted by molar-refractivity contribution is -0.148. The predicted octanol–water partition coefficient (Wildman–Crippen LogP) is 5.84. The van der Waals surface area contributed by atoms with Crippen LogP contribution in [0.4, 0.5) is 5.69 Å². The molecule has 0 bridgehead atoms. The Morgan fingerprint density at radius 3 is 2.22 bits per heavy atom. The highest BCUT2D eigenvalue weighted by atomic mass is 35.5. The first-order chi connectivity index (χ1) is 15.3. The van der Waals surface area contributed by atoms with Crippen LogP contribution in [0.25, 0.3) is 0 Å². The van der Waals surface area contributed by atoms with Gasteiger partial charge in [-0.05, 0) is 49.2 Å². The van der Waals surface area contributed by atoms with Crippen molar-refractivity contribution >= 4 is 34.9 Å². The van der Waals surface area contributed by atoms with Crippen LogP contribution in [0.3, 0.4) is 0 Å². The van der Waals surface area contributed by atoms with Crippen molar-refractivity contribution in [2.45, 2.75) is 32.8 Å². The van der Waals surface area contributed by atoms with Crippen molar-refractivity contribution in [3.63, 3.8) is 0 Å². The van der Waals surface area contributed by atoms with Gasteiger partial charge in [0.15, 0.2) is 6.10 Å². The van der Waals surface area contributed by atoms with E-state index in [2.05, 4.69) is 5.32 Å². The molecule has 0 unspecified atom stereocenters. The molecule has 3 aromatic rings. The van der Waals surface area contributed by atoms with Gasteiger partial charge >= 0.3 is 5.97 Å². The maximum atomic E-state index is 13.0. The Kier molecular flexibility index (Phi) is 7.79. The number of aryl methyl sites for hydroxylation is 2. The number of anilines is 1. The number of nitrogens with one attached hydrogen (secondary N) is 1. The van der Waals surface area contributed by atoms with E-state index in [1.165, 1.54) is 0 Å². The molecule has 0 aliphatic heterocycles. The summed E-state index contributed by atoms with van der Waals surface area (Å²) in [6.07, 6.45) is -1.33. The minimum Gasteiger partial charge on any atom is -0.449 e. The minimum absolute atomic E-state index is 0.0569. The lowest BCUT2D eigenvalue weighted by Gasteiger charge is -2.17. The second-order valence-electron chi connectivity index (χ2n) is 7.50. The van der Waals surface area contributed by atoms with Crippen molar-refractivity contribution < 1.29 is 19.1 Å². The number of carbonyl (C=O) groups excluding carboxylic acids is 3. The van der Waals surface area contributed by atoms with Gasteiger partial charge in [-0.3, -0.25) is 14.4 Å². The van der Waals surface area contributed by atoms with Gasteiger partial charge in [-0.1, -0.05) is 60.1 Å². The fraction of sp³-hybridized carbons (Fsp3) is 0.192. The van der Waals surface area contributed by atoms with Gasteiger partial charge in [0.1, 0.15) is 0 Å². The fourth-order valence-corrected chi connectivity index (χ4v) is 3.24. The number of halogens is 1. The third-order valence-electron chi connectivity index (χ3n) is 5.07. The molecular weight excluding hydrogens is 426 g/mol. The lowest BCUT2D eigenvalue weighted by atomic mass is 10.00. The van der Waals surface area contributed by atoms with Crippen LogP contribution >= 0.6 is 11.6 Å². The van der Waals surface area contributed by atoms with Gasteiger partial charge in [0.25, 0.3) is 0 Å². The lowest BCUT2D eigenvalue weighted by Crippen LogP contribution is -2.21. The van der Waals surface area contributed by atoms with Crippen LogP contribution in [0.15, 0.2) is 72.8 Å². The summed E-state index contributed by atoms with van der Waals surface area (Å²) in [4.78, 5) is 37.8. The van der Waals surface area contributed by atoms with Crippen LogP contribution in [0, 0.1) is 13.8 Å². The molecule has 5 nitrogen and oxygen atoms in total. The molecule has 0 spiro atoms. The molecule has 0 aliphatic carbocycles. The van der Waals surface area contributed by atoms with Crippen molar-refractivity contribution in [1.82, 2.24) is 0 Å². The highest BCUT2D eigenvalue weighted by molar-refractivity contribution is 6.30. The highest BCUT2D eigenvalue weighted by Gasteiger charge is 2.26. The normalized spacial score (nSPS) is 11.5.